The van der Waals surface area contributed by atoms with Gasteiger partial charge in [-0.05, 0) is 45.0 Å². The highest BCUT2D eigenvalue weighted by Crippen LogP contribution is 2.34. The molecule has 154 valence electrons. The third kappa shape index (κ3) is 5.02. The van der Waals surface area contributed by atoms with Crippen molar-refractivity contribution in [2.24, 2.45) is 0 Å². The van der Waals surface area contributed by atoms with Crippen molar-refractivity contribution in [3.05, 3.63) is 71.8 Å². The number of benzene rings is 2. The van der Waals surface area contributed by atoms with Gasteiger partial charge in [0.05, 0.1) is 17.2 Å². The van der Waals surface area contributed by atoms with Gasteiger partial charge in [0.2, 0.25) is 5.79 Å². The van der Waals surface area contributed by atoms with E-state index in [1.54, 1.807) is 55.5 Å². The Labute approximate surface area is 170 Å². The Kier molecular flexibility index (Phi) is 6.67. The zero-order valence-corrected chi connectivity index (χ0v) is 16.9. The van der Waals surface area contributed by atoms with E-state index in [1.807, 2.05) is 26.0 Å². The summed E-state index contributed by atoms with van der Waals surface area (Å²) in [6.45, 7) is 5.79. The molecule has 0 spiro atoms. The first-order valence-electron chi connectivity index (χ1n) is 9.76. The van der Waals surface area contributed by atoms with Crippen LogP contribution in [0.15, 0.2) is 60.7 Å². The quantitative estimate of drug-likeness (QED) is 0.685. The number of ether oxygens (including phenoxy) is 4. The second-order valence-corrected chi connectivity index (χ2v) is 7.08. The maximum absolute atomic E-state index is 12.6. The maximum atomic E-state index is 12.6. The summed E-state index contributed by atoms with van der Waals surface area (Å²) in [5.41, 5.74) is 0.887. The molecule has 0 saturated carbocycles. The molecular formula is C23H26O6. The summed E-state index contributed by atoms with van der Waals surface area (Å²) in [5.74, 6) is -2.05. The second-order valence-electron chi connectivity index (χ2n) is 7.08. The fourth-order valence-electron chi connectivity index (χ4n) is 3.40. The Bertz CT molecular complexity index is 822. The highest BCUT2D eigenvalue weighted by atomic mass is 16.7. The lowest BCUT2D eigenvalue weighted by Gasteiger charge is -2.45. The van der Waals surface area contributed by atoms with Gasteiger partial charge in [-0.2, -0.15) is 0 Å². The van der Waals surface area contributed by atoms with Crippen LogP contribution in [0.5, 0.6) is 0 Å². The Morgan fingerprint density at radius 2 is 1.48 bits per heavy atom. The lowest BCUT2D eigenvalue weighted by molar-refractivity contribution is -0.323. The summed E-state index contributed by atoms with van der Waals surface area (Å²) in [7, 11) is 0. The number of hydrogen-bond donors (Lipinski definition) is 0. The number of carbonyl (C=O) groups is 2. The van der Waals surface area contributed by atoms with Crippen molar-refractivity contribution in [2.75, 3.05) is 6.61 Å². The van der Waals surface area contributed by atoms with E-state index in [4.69, 9.17) is 18.9 Å². The molecule has 0 radical (unpaired) electrons. The number of esters is 2. The molecule has 3 rings (SSSR count). The molecule has 1 heterocycles. The molecular weight excluding hydrogens is 372 g/mol. The standard InChI is InChI=1S/C23H26O6/c1-4-26-23(3)20(28-22(25)18-13-9-6-10-14-18)15-19(16(2)29-23)27-21(24)17-11-7-5-8-12-17/h5-14,16,19-20H,4,15H2,1-3H3/t16?,19-,20?,23?/m1/s1. The lowest BCUT2D eigenvalue weighted by atomic mass is 9.96. The number of carbonyl (C=O) groups excluding carboxylic acids is 2. The Morgan fingerprint density at radius 1 is 0.966 bits per heavy atom. The minimum atomic E-state index is -1.13. The van der Waals surface area contributed by atoms with E-state index < -0.39 is 36.0 Å². The molecule has 6 heteroatoms. The molecule has 0 N–H and O–H groups in total. The Morgan fingerprint density at radius 3 is 2.00 bits per heavy atom. The molecule has 2 aromatic carbocycles. The van der Waals surface area contributed by atoms with E-state index >= 15 is 0 Å². The van der Waals surface area contributed by atoms with Crippen molar-refractivity contribution in [1.29, 1.82) is 0 Å². The topological polar surface area (TPSA) is 71.1 Å². The summed E-state index contributed by atoms with van der Waals surface area (Å²) < 4.78 is 23.2. The van der Waals surface area contributed by atoms with Crippen LogP contribution in [0.1, 0.15) is 47.9 Å². The van der Waals surface area contributed by atoms with Gasteiger partial charge in [0.25, 0.3) is 0 Å². The monoisotopic (exact) mass is 398 g/mol. The molecule has 3 unspecified atom stereocenters. The fraction of sp³-hybridized carbons (Fsp3) is 0.391. The minimum absolute atomic E-state index is 0.273. The molecule has 1 aliphatic heterocycles. The van der Waals surface area contributed by atoms with Gasteiger partial charge in [-0.1, -0.05) is 36.4 Å². The Hall–Kier alpha value is -2.70. The van der Waals surface area contributed by atoms with E-state index in [1.165, 1.54) is 0 Å². The molecule has 0 aromatic heterocycles. The predicted octanol–water partition coefficient (Wildman–Crippen LogP) is 4.00. The van der Waals surface area contributed by atoms with Gasteiger partial charge >= 0.3 is 11.9 Å². The molecule has 6 nitrogen and oxygen atoms in total. The lowest BCUT2D eigenvalue weighted by Crippen LogP contribution is -2.57. The van der Waals surface area contributed by atoms with Crippen LogP contribution in [-0.2, 0) is 18.9 Å². The van der Waals surface area contributed by atoms with Gasteiger partial charge in [0.1, 0.15) is 6.10 Å². The van der Waals surface area contributed by atoms with Crippen LogP contribution in [0.4, 0.5) is 0 Å². The van der Waals surface area contributed by atoms with Crippen LogP contribution in [-0.4, -0.2) is 42.6 Å². The molecule has 1 aliphatic rings. The molecule has 1 saturated heterocycles. The van der Waals surface area contributed by atoms with E-state index in [2.05, 4.69) is 0 Å². The van der Waals surface area contributed by atoms with Crippen LogP contribution in [0.2, 0.25) is 0 Å². The van der Waals surface area contributed by atoms with Gasteiger partial charge in [-0.3, -0.25) is 0 Å². The minimum Gasteiger partial charge on any atom is -0.456 e. The van der Waals surface area contributed by atoms with Crippen molar-refractivity contribution in [1.82, 2.24) is 0 Å². The van der Waals surface area contributed by atoms with Crippen molar-refractivity contribution >= 4 is 11.9 Å². The fourth-order valence-corrected chi connectivity index (χ4v) is 3.40. The number of hydrogen-bond acceptors (Lipinski definition) is 6. The molecule has 0 amide bonds. The SMILES string of the molecule is CCOC1(C)OC(C)[C@H](OC(=O)c2ccccc2)CC1OC(=O)c1ccccc1. The van der Waals surface area contributed by atoms with Crippen molar-refractivity contribution < 1.29 is 28.5 Å². The highest BCUT2D eigenvalue weighted by molar-refractivity contribution is 5.90. The van der Waals surface area contributed by atoms with Crippen molar-refractivity contribution in [3.63, 3.8) is 0 Å². The first-order chi connectivity index (χ1) is 13.9. The molecule has 2 aromatic rings. The predicted molar refractivity (Wildman–Crippen MR) is 106 cm³/mol. The van der Waals surface area contributed by atoms with E-state index in [0.717, 1.165) is 0 Å². The van der Waals surface area contributed by atoms with E-state index in [-0.39, 0.29) is 6.42 Å². The normalized spacial score (nSPS) is 26.5. The molecule has 4 atom stereocenters. The van der Waals surface area contributed by atoms with Crippen LogP contribution < -0.4 is 0 Å². The summed E-state index contributed by atoms with van der Waals surface area (Å²) in [6, 6.07) is 17.5. The van der Waals surface area contributed by atoms with E-state index in [0.29, 0.717) is 17.7 Å². The molecule has 0 bridgehead atoms. The van der Waals surface area contributed by atoms with Crippen LogP contribution in [0.25, 0.3) is 0 Å². The second kappa shape index (κ2) is 9.20. The average Bonchev–Trinajstić information content (AvgIpc) is 2.73. The first kappa shape index (κ1) is 21.0. The third-order valence-electron chi connectivity index (χ3n) is 4.93. The highest BCUT2D eigenvalue weighted by Gasteiger charge is 2.49. The van der Waals surface area contributed by atoms with Gasteiger partial charge in [-0.15, -0.1) is 0 Å². The average molecular weight is 398 g/mol. The first-order valence-corrected chi connectivity index (χ1v) is 9.76. The van der Waals surface area contributed by atoms with Crippen LogP contribution in [0.3, 0.4) is 0 Å². The van der Waals surface area contributed by atoms with Gasteiger partial charge in [0.15, 0.2) is 6.10 Å². The van der Waals surface area contributed by atoms with Crippen LogP contribution >= 0.6 is 0 Å². The summed E-state index contributed by atoms with van der Waals surface area (Å²) >= 11 is 0. The maximum Gasteiger partial charge on any atom is 0.338 e. The summed E-state index contributed by atoms with van der Waals surface area (Å²) in [5, 5.41) is 0. The zero-order valence-electron chi connectivity index (χ0n) is 16.9. The number of rotatable bonds is 6. The molecule has 1 fully saturated rings. The van der Waals surface area contributed by atoms with Crippen molar-refractivity contribution in [3.8, 4) is 0 Å². The molecule has 0 aliphatic carbocycles. The van der Waals surface area contributed by atoms with E-state index in [9.17, 15) is 9.59 Å². The third-order valence-corrected chi connectivity index (χ3v) is 4.93. The van der Waals surface area contributed by atoms with Crippen LogP contribution in [0, 0.1) is 0 Å². The van der Waals surface area contributed by atoms with Crippen molar-refractivity contribution in [2.45, 2.75) is 51.3 Å². The van der Waals surface area contributed by atoms with Gasteiger partial charge in [-0.25, -0.2) is 9.59 Å². The zero-order chi connectivity index (χ0) is 20.9. The molecule has 29 heavy (non-hydrogen) atoms. The van der Waals surface area contributed by atoms with Gasteiger partial charge < -0.3 is 18.9 Å². The summed E-state index contributed by atoms with van der Waals surface area (Å²) in [4.78, 5) is 25.1. The smallest absolute Gasteiger partial charge is 0.338 e. The summed E-state index contributed by atoms with van der Waals surface area (Å²) in [6.07, 6.45) is -1.47. The van der Waals surface area contributed by atoms with Gasteiger partial charge in [0, 0.05) is 13.0 Å². The Balaban J connectivity index is 1.76. The largest absolute Gasteiger partial charge is 0.456 e.